The van der Waals surface area contributed by atoms with Crippen LogP contribution < -0.4 is 15.4 Å². The molecule has 0 radical (unpaired) electrons. The quantitative estimate of drug-likeness (QED) is 0.413. The topological polar surface area (TPSA) is 12.0 Å². The van der Waals surface area contributed by atoms with Gasteiger partial charge in [0, 0.05) is 0 Å². The smallest absolute Gasteiger partial charge is 0.330 e. The lowest BCUT2D eigenvalue weighted by Crippen LogP contribution is -2.66. The van der Waals surface area contributed by atoms with Crippen molar-refractivity contribution >= 4 is 18.6 Å². The number of benzene rings is 2. The van der Waals surface area contributed by atoms with Gasteiger partial charge in [0.05, 0.1) is 11.1 Å². The van der Waals surface area contributed by atoms with Crippen molar-refractivity contribution in [2.24, 2.45) is 0 Å². The molecule has 8 heteroatoms. The lowest BCUT2D eigenvalue weighted by molar-refractivity contribution is -0.138. The average Bonchev–Trinajstić information content (AvgIpc) is 2.60. The fourth-order valence-corrected chi connectivity index (χ4v) is 5.96. The first-order valence-electron chi connectivity index (χ1n) is 8.59. The summed E-state index contributed by atoms with van der Waals surface area (Å²) in [5.41, 5.74) is -1.49. The van der Waals surface area contributed by atoms with E-state index >= 15 is 0 Å². The summed E-state index contributed by atoms with van der Waals surface area (Å²) < 4.78 is 77.0. The molecule has 2 aromatic carbocycles. The third kappa shape index (κ3) is 5.13. The molecule has 0 saturated carbocycles. The molecule has 0 amide bonds. The van der Waals surface area contributed by atoms with Crippen LogP contribution in [0.4, 0.5) is 26.3 Å². The van der Waals surface area contributed by atoms with E-state index < -0.39 is 31.7 Å². The van der Waals surface area contributed by atoms with E-state index in [1.165, 1.54) is 24.3 Å². The van der Waals surface area contributed by atoms with Gasteiger partial charge in [-0.15, -0.1) is 0 Å². The molecule has 27 heavy (non-hydrogen) atoms. The van der Waals surface area contributed by atoms with Gasteiger partial charge < -0.3 is 4.98 Å². The van der Waals surface area contributed by atoms with Crippen LogP contribution in [0.15, 0.2) is 48.5 Å². The Morgan fingerprint density at radius 1 is 0.741 bits per heavy atom. The van der Waals surface area contributed by atoms with Gasteiger partial charge in [0.15, 0.2) is 8.24 Å². The van der Waals surface area contributed by atoms with Gasteiger partial charge in [-0.3, -0.25) is 0 Å². The van der Waals surface area contributed by atoms with E-state index in [0.29, 0.717) is 16.9 Å². The summed E-state index contributed by atoms with van der Waals surface area (Å²) in [6.45, 7) is 4.55. The summed E-state index contributed by atoms with van der Waals surface area (Å²) in [6, 6.07) is 9.77. The Bertz CT molecular complexity index is 677. The molecule has 0 aliphatic heterocycles. The SMILES string of the molecule is CCCCN[Si](C)(c1ccc(C(F)(F)F)cc1)c1ccc(C(F)(F)F)cc1. The summed E-state index contributed by atoms with van der Waals surface area (Å²) >= 11 is 0. The van der Waals surface area contributed by atoms with Gasteiger partial charge in [-0.2, -0.15) is 26.3 Å². The number of alkyl halides is 6. The van der Waals surface area contributed by atoms with E-state index in [4.69, 9.17) is 0 Å². The molecule has 0 aliphatic carbocycles. The monoisotopic (exact) mass is 405 g/mol. The maximum atomic E-state index is 12.8. The minimum Gasteiger partial charge on any atom is -0.330 e. The fourth-order valence-electron chi connectivity index (χ4n) is 2.87. The molecule has 148 valence electrons. The minimum absolute atomic E-state index is 0.640. The first-order valence-corrected chi connectivity index (χ1v) is 11.1. The maximum Gasteiger partial charge on any atom is 0.416 e. The van der Waals surface area contributed by atoms with Crippen LogP contribution in [0.3, 0.4) is 0 Å². The first kappa shape index (κ1) is 21.5. The lowest BCUT2D eigenvalue weighted by Gasteiger charge is -2.30. The zero-order valence-corrected chi connectivity index (χ0v) is 16.0. The number of nitrogens with one attached hydrogen (secondary N) is 1. The predicted molar refractivity (Wildman–Crippen MR) is 96.7 cm³/mol. The molecule has 2 aromatic rings. The molecular weight excluding hydrogens is 384 g/mol. The molecule has 1 N–H and O–H groups in total. The van der Waals surface area contributed by atoms with Gasteiger partial charge in [-0.25, -0.2) is 0 Å². The van der Waals surface area contributed by atoms with Gasteiger partial charge in [-0.1, -0.05) is 61.9 Å². The van der Waals surface area contributed by atoms with Crippen LogP contribution in [-0.2, 0) is 12.4 Å². The second-order valence-electron chi connectivity index (χ2n) is 6.56. The number of hydrogen-bond acceptors (Lipinski definition) is 1. The third-order valence-corrected chi connectivity index (χ3v) is 8.52. The molecule has 0 bridgehead atoms. The van der Waals surface area contributed by atoms with Crippen LogP contribution in [0, 0.1) is 0 Å². The van der Waals surface area contributed by atoms with Crippen LogP contribution in [-0.4, -0.2) is 14.8 Å². The number of unbranched alkanes of at least 4 members (excludes halogenated alkanes) is 1. The highest BCUT2D eigenvalue weighted by Crippen LogP contribution is 2.29. The number of rotatable bonds is 6. The van der Waals surface area contributed by atoms with Crippen LogP contribution in [0.25, 0.3) is 0 Å². The average molecular weight is 405 g/mol. The summed E-state index contributed by atoms with van der Waals surface area (Å²) in [4.78, 5) is 3.42. The Hall–Kier alpha value is -1.80. The van der Waals surface area contributed by atoms with Crippen LogP contribution >= 0.6 is 0 Å². The van der Waals surface area contributed by atoms with Crippen molar-refractivity contribution in [2.75, 3.05) is 6.54 Å². The molecule has 0 aromatic heterocycles. The number of halogens is 6. The van der Waals surface area contributed by atoms with Crippen molar-refractivity contribution < 1.29 is 26.3 Å². The highest BCUT2D eigenvalue weighted by Gasteiger charge is 2.36. The predicted octanol–water partition coefficient (Wildman–Crippen LogP) is 4.80. The van der Waals surface area contributed by atoms with Crippen molar-refractivity contribution in [1.82, 2.24) is 4.98 Å². The third-order valence-electron chi connectivity index (χ3n) is 4.59. The summed E-state index contributed by atoms with van der Waals surface area (Å²) in [6.07, 6.45) is -7.07. The summed E-state index contributed by atoms with van der Waals surface area (Å²) in [7, 11) is -2.69. The van der Waals surface area contributed by atoms with E-state index in [1.54, 1.807) is 0 Å². The molecule has 0 aliphatic rings. The normalized spacial score (nSPS) is 13.0. The van der Waals surface area contributed by atoms with E-state index in [2.05, 4.69) is 4.98 Å². The van der Waals surface area contributed by atoms with Gasteiger partial charge in [0.1, 0.15) is 0 Å². The zero-order valence-electron chi connectivity index (χ0n) is 15.0. The van der Waals surface area contributed by atoms with Gasteiger partial charge in [0.25, 0.3) is 0 Å². The van der Waals surface area contributed by atoms with Crippen molar-refractivity contribution in [3.8, 4) is 0 Å². The molecule has 0 saturated heterocycles. The standard InChI is InChI=1S/C19H21F6NSi/c1-3-4-13-26-27(2,16-9-5-14(6-10-16)18(20,21)22)17-11-7-15(8-12-17)19(23,24)25/h5-12,26H,3-4,13H2,1-2H3. The van der Waals surface area contributed by atoms with Crippen molar-refractivity contribution in [2.45, 2.75) is 38.7 Å². The molecule has 2 rings (SSSR count). The summed E-state index contributed by atoms with van der Waals surface area (Å²) in [5.74, 6) is 0. The Balaban J connectivity index is 2.43. The van der Waals surface area contributed by atoms with Gasteiger partial charge in [0.2, 0.25) is 0 Å². The Labute approximate surface area is 155 Å². The lowest BCUT2D eigenvalue weighted by atomic mass is 10.2. The Morgan fingerprint density at radius 3 is 1.41 bits per heavy atom. The fraction of sp³-hybridized carbons (Fsp3) is 0.368. The molecular formula is C19H21F6NSi. The van der Waals surface area contributed by atoms with Crippen LogP contribution in [0.1, 0.15) is 30.9 Å². The molecule has 0 unspecified atom stereocenters. The Kier molecular flexibility index (Phi) is 6.42. The molecule has 0 atom stereocenters. The second-order valence-corrected chi connectivity index (χ2v) is 10.3. The first-order chi connectivity index (χ1) is 12.5. The summed E-state index contributed by atoms with van der Waals surface area (Å²) in [5, 5.41) is 1.37. The highest BCUT2D eigenvalue weighted by atomic mass is 28.3. The van der Waals surface area contributed by atoms with Gasteiger partial charge >= 0.3 is 12.4 Å². The number of hydrogen-bond donors (Lipinski definition) is 1. The van der Waals surface area contributed by atoms with Crippen LogP contribution in [0.5, 0.6) is 0 Å². The Morgan fingerprint density at radius 2 is 1.11 bits per heavy atom. The largest absolute Gasteiger partial charge is 0.416 e. The molecule has 0 fully saturated rings. The van der Waals surface area contributed by atoms with E-state index in [0.717, 1.165) is 37.1 Å². The van der Waals surface area contributed by atoms with E-state index in [-0.39, 0.29) is 0 Å². The minimum atomic E-state index is -4.43. The van der Waals surface area contributed by atoms with Crippen molar-refractivity contribution in [3.63, 3.8) is 0 Å². The zero-order chi connectivity index (χ0) is 20.3. The molecule has 1 nitrogen and oxygen atoms in total. The highest BCUT2D eigenvalue weighted by molar-refractivity contribution is 6.99. The van der Waals surface area contributed by atoms with E-state index in [9.17, 15) is 26.3 Å². The molecule has 0 heterocycles. The maximum absolute atomic E-state index is 12.8. The van der Waals surface area contributed by atoms with Crippen molar-refractivity contribution in [3.05, 3.63) is 59.7 Å². The van der Waals surface area contributed by atoms with Crippen LogP contribution in [0.2, 0.25) is 6.55 Å². The van der Waals surface area contributed by atoms with E-state index in [1.807, 2.05) is 13.5 Å². The molecule has 0 spiro atoms. The second kappa shape index (κ2) is 8.06. The van der Waals surface area contributed by atoms with Gasteiger partial charge in [-0.05, 0) is 29.9 Å². The van der Waals surface area contributed by atoms with Crippen molar-refractivity contribution in [1.29, 1.82) is 0 Å².